The van der Waals surface area contributed by atoms with Crippen molar-refractivity contribution in [3.8, 4) is 0 Å². The van der Waals surface area contributed by atoms with Crippen LogP contribution >= 0.6 is 0 Å². The Morgan fingerprint density at radius 1 is 1.29 bits per heavy atom. The SMILES string of the molecule is COC(=O)c1cccc(S(=O)(=O)NCC(c2ccco2)N(C)C)c1. The van der Waals surface area contributed by atoms with Crippen molar-refractivity contribution < 1.29 is 22.4 Å². The van der Waals surface area contributed by atoms with Gasteiger partial charge in [0.1, 0.15) is 5.76 Å². The molecule has 0 saturated carbocycles. The van der Waals surface area contributed by atoms with Gasteiger partial charge in [-0.1, -0.05) is 6.07 Å². The first-order valence-electron chi connectivity index (χ1n) is 7.23. The first-order chi connectivity index (χ1) is 11.3. The van der Waals surface area contributed by atoms with Gasteiger partial charge < -0.3 is 9.15 Å². The van der Waals surface area contributed by atoms with Crippen LogP contribution in [0.2, 0.25) is 0 Å². The summed E-state index contributed by atoms with van der Waals surface area (Å²) >= 11 is 0. The number of carbonyl (C=O) groups excluding carboxylic acids is 1. The van der Waals surface area contributed by atoms with E-state index in [0.717, 1.165) is 0 Å². The fraction of sp³-hybridized carbons (Fsp3) is 0.312. The molecule has 0 aliphatic carbocycles. The maximum absolute atomic E-state index is 12.5. The van der Waals surface area contributed by atoms with E-state index in [1.807, 2.05) is 19.0 Å². The lowest BCUT2D eigenvalue weighted by atomic mass is 10.2. The molecule has 0 fully saturated rings. The van der Waals surface area contributed by atoms with E-state index in [-0.39, 0.29) is 23.0 Å². The maximum Gasteiger partial charge on any atom is 0.337 e. The maximum atomic E-state index is 12.5. The third-order valence-electron chi connectivity index (χ3n) is 3.53. The molecule has 1 heterocycles. The van der Waals surface area contributed by atoms with Gasteiger partial charge in [0.05, 0.1) is 29.9 Å². The van der Waals surface area contributed by atoms with Crippen LogP contribution in [-0.2, 0) is 14.8 Å². The number of hydrogen-bond donors (Lipinski definition) is 1. The number of methoxy groups -OCH3 is 1. The minimum atomic E-state index is -3.77. The van der Waals surface area contributed by atoms with E-state index >= 15 is 0 Å². The van der Waals surface area contributed by atoms with Gasteiger partial charge in [-0.15, -0.1) is 0 Å². The third kappa shape index (κ3) is 4.22. The molecule has 2 rings (SSSR count). The topological polar surface area (TPSA) is 88.8 Å². The Balaban J connectivity index is 2.17. The second kappa shape index (κ2) is 7.61. The molecule has 130 valence electrons. The Labute approximate surface area is 141 Å². The van der Waals surface area contributed by atoms with E-state index in [0.29, 0.717) is 5.76 Å². The summed E-state index contributed by atoms with van der Waals surface area (Å²) in [5, 5.41) is 0. The number of sulfonamides is 1. The monoisotopic (exact) mass is 352 g/mol. The molecule has 1 unspecified atom stereocenters. The molecule has 2 aromatic rings. The number of hydrogen-bond acceptors (Lipinski definition) is 6. The summed E-state index contributed by atoms with van der Waals surface area (Å²) in [6.07, 6.45) is 1.54. The van der Waals surface area contributed by atoms with Gasteiger partial charge in [-0.25, -0.2) is 17.9 Å². The van der Waals surface area contributed by atoms with E-state index in [4.69, 9.17) is 4.42 Å². The van der Waals surface area contributed by atoms with E-state index in [1.165, 1.54) is 31.4 Å². The van der Waals surface area contributed by atoms with Gasteiger partial charge in [0.25, 0.3) is 0 Å². The zero-order valence-corrected chi connectivity index (χ0v) is 14.5. The number of ether oxygens (including phenoxy) is 1. The van der Waals surface area contributed by atoms with Crippen LogP contribution in [0.4, 0.5) is 0 Å². The lowest BCUT2D eigenvalue weighted by molar-refractivity contribution is 0.0600. The minimum Gasteiger partial charge on any atom is -0.468 e. The molecular weight excluding hydrogens is 332 g/mol. The third-order valence-corrected chi connectivity index (χ3v) is 4.95. The Hall–Kier alpha value is -2.16. The number of nitrogens with one attached hydrogen (secondary N) is 1. The summed E-state index contributed by atoms with van der Waals surface area (Å²) in [7, 11) is 1.14. The van der Waals surface area contributed by atoms with Crippen LogP contribution < -0.4 is 4.72 Å². The Morgan fingerprint density at radius 3 is 2.62 bits per heavy atom. The second-order valence-corrected chi connectivity index (χ2v) is 7.13. The average Bonchev–Trinajstić information content (AvgIpc) is 3.08. The van der Waals surface area contributed by atoms with E-state index in [9.17, 15) is 13.2 Å². The van der Waals surface area contributed by atoms with Crippen LogP contribution in [0.15, 0.2) is 52.0 Å². The number of furan rings is 1. The van der Waals surface area contributed by atoms with Gasteiger partial charge in [-0.3, -0.25) is 4.90 Å². The fourth-order valence-corrected chi connectivity index (χ4v) is 3.28. The van der Waals surface area contributed by atoms with Crippen LogP contribution in [0.5, 0.6) is 0 Å². The summed E-state index contributed by atoms with van der Waals surface area (Å²) < 4.78 is 37.5. The van der Waals surface area contributed by atoms with Gasteiger partial charge >= 0.3 is 5.97 Å². The highest BCUT2D eigenvalue weighted by atomic mass is 32.2. The predicted octanol–water partition coefficient (Wildman–Crippen LogP) is 1.65. The Morgan fingerprint density at radius 2 is 2.04 bits per heavy atom. The molecule has 0 spiro atoms. The molecule has 0 aliphatic heterocycles. The fourth-order valence-electron chi connectivity index (χ4n) is 2.20. The number of esters is 1. The normalized spacial score (nSPS) is 13.0. The van der Waals surface area contributed by atoms with Crippen molar-refractivity contribution in [2.75, 3.05) is 27.7 Å². The summed E-state index contributed by atoms with van der Waals surface area (Å²) in [6.45, 7) is 0.130. The van der Waals surface area contributed by atoms with Crippen LogP contribution in [0.1, 0.15) is 22.2 Å². The minimum absolute atomic E-state index is 0.00218. The van der Waals surface area contributed by atoms with Crippen LogP contribution in [0.25, 0.3) is 0 Å². The summed E-state index contributed by atoms with van der Waals surface area (Å²) in [5.74, 6) is 0.0693. The van der Waals surface area contributed by atoms with Gasteiger partial charge in [0.2, 0.25) is 10.0 Å². The summed E-state index contributed by atoms with van der Waals surface area (Å²) in [5.41, 5.74) is 0.176. The molecule has 0 radical (unpaired) electrons. The summed E-state index contributed by atoms with van der Waals surface area (Å²) in [6, 6.07) is 8.99. The number of benzene rings is 1. The molecule has 0 aliphatic rings. The molecule has 1 aromatic heterocycles. The lowest BCUT2D eigenvalue weighted by Gasteiger charge is -2.22. The Bertz CT molecular complexity index is 785. The average molecular weight is 352 g/mol. The molecule has 8 heteroatoms. The van der Waals surface area contributed by atoms with Crippen molar-refractivity contribution in [2.45, 2.75) is 10.9 Å². The highest BCUT2D eigenvalue weighted by Crippen LogP contribution is 2.19. The highest BCUT2D eigenvalue weighted by molar-refractivity contribution is 7.89. The predicted molar refractivity (Wildman–Crippen MR) is 88.1 cm³/mol. The molecule has 24 heavy (non-hydrogen) atoms. The summed E-state index contributed by atoms with van der Waals surface area (Å²) in [4.78, 5) is 13.4. The van der Waals surface area contributed by atoms with Crippen LogP contribution in [-0.4, -0.2) is 47.0 Å². The number of likely N-dealkylation sites (N-methyl/N-ethyl adjacent to an activating group) is 1. The van der Waals surface area contributed by atoms with E-state index in [1.54, 1.807) is 18.4 Å². The first-order valence-corrected chi connectivity index (χ1v) is 8.71. The lowest BCUT2D eigenvalue weighted by Crippen LogP contribution is -2.34. The molecular formula is C16H20N2O5S. The standard InChI is InChI=1S/C16H20N2O5S/c1-18(2)14(15-8-5-9-23-15)11-17-24(20,21)13-7-4-6-12(10-13)16(19)22-3/h4-10,14,17H,11H2,1-3H3. The van der Waals surface area contributed by atoms with Crippen LogP contribution in [0, 0.1) is 0 Å². The van der Waals surface area contributed by atoms with Crippen molar-refractivity contribution in [1.29, 1.82) is 0 Å². The van der Waals surface area contributed by atoms with Gasteiger partial charge in [-0.2, -0.15) is 0 Å². The van der Waals surface area contributed by atoms with Crippen molar-refractivity contribution >= 4 is 16.0 Å². The van der Waals surface area contributed by atoms with E-state index < -0.39 is 16.0 Å². The van der Waals surface area contributed by atoms with Crippen molar-refractivity contribution in [2.24, 2.45) is 0 Å². The molecule has 0 bridgehead atoms. The molecule has 1 atom stereocenters. The number of rotatable bonds is 7. The van der Waals surface area contributed by atoms with Crippen molar-refractivity contribution in [3.05, 3.63) is 54.0 Å². The van der Waals surface area contributed by atoms with Gasteiger partial charge in [0, 0.05) is 6.54 Å². The quantitative estimate of drug-likeness (QED) is 0.762. The van der Waals surface area contributed by atoms with Crippen molar-refractivity contribution in [3.63, 3.8) is 0 Å². The first kappa shape index (κ1) is 18.2. The van der Waals surface area contributed by atoms with Gasteiger partial charge in [0.15, 0.2) is 0 Å². The molecule has 1 N–H and O–H groups in total. The zero-order valence-electron chi connectivity index (χ0n) is 13.7. The molecule has 0 saturated heterocycles. The highest BCUT2D eigenvalue weighted by Gasteiger charge is 2.22. The Kier molecular flexibility index (Phi) is 5.76. The van der Waals surface area contributed by atoms with E-state index in [2.05, 4.69) is 9.46 Å². The molecule has 1 aromatic carbocycles. The largest absolute Gasteiger partial charge is 0.468 e. The zero-order chi connectivity index (χ0) is 17.7. The number of nitrogens with zero attached hydrogens (tertiary/aromatic N) is 1. The molecule has 0 amide bonds. The van der Waals surface area contributed by atoms with Crippen LogP contribution in [0.3, 0.4) is 0 Å². The van der Waals surface area contributed by atoms with Gasteiger partial charge in [-0.05, 0) is 44.4 Å². The number of carbonyl (C=O) groups is 1. The smallest absolute Gasteiger partial charge is 0.337 e. The second-order valence-electron chi connectivity index (χ2n) is 5.37. The molecule has 7 nitrogen and oxygen atoms in total. The van der Waals surface area contributed by atoms with Crippen molar-refractivity contribution in [1.82, 2.24) is 9.62 Å².